The average molecular weight is 207 g/mol. The highest BCUT2D eigenvalue weighted by molar-refractivity contribution is 5.31. The van der Waals surface area contributed by atoms with Crippen molar-refractivity contribution in [2.24, 2.45) is 0 Å². The molecular weight excluding hydrogens is 190 g/mol. The second-order valence-corrected chi connectivity index (χ2v) is 3.02. The first-order chi connectivity index (χ1) is 7.36. The fraction of sp³-hybridized carbons (Fsp3) is 0.333. The van der Waals surface area contributed by atoms with E-state index in [1.54, 1.807) is 7.11 Å². The molecule has 0 aliphatic carbocycles. The van der Waals surface area contributed by atoms with Gasteiger partial charge in [-0.15, -0.1) is 0 Å². The predicted octanol–water partition coefficient (Wildman–Crippen LogP) is 1.85. The minimum absolute atomic E-state index is 0.591. The van der Waals surface area contributed by atoms with E-state index in [0.717, 1.165) is 18.0 Å². The van der Waals surface area contributed by atoms with Gasteiger partial charge in [0.2, 0.25) is 0 Å². The van der Waals surface area contributed by atoms with Crippen LogP contribution in [0, 0.1) is 0 Å². The Labute approximate surface area is 90.7 Å². The quantitative estimate of drug-likeness (QED) is 0.722. The lowest BCUT2D eigenvalue weighted by atomic mass is 10.3. The van der Waals surface area contributed by atoms with E-state index in [4.69, 9.17) is 9.47 Å². The number of likely N-dealkylation sites (N-methyl/N-ethyl adjacent to an activating group) is 1. The first kappa shape index (κ1) is 11.6. The molecule has 0 atom stereocenters. The standard InChI is InChI=1S/C12H17NO2/c1-13-9-3-4-10-15-12-7-5-11(14-2)6-8-12/h3-8,13H,9-10H2,1-2H3. The zero-order valence-corrected chi connectivity index (χ0v) is 9.19. The van der Waals surface area contributed by atoms with Crippen LogP contribution in [-0.2, 0) is 0 Å². The van der Waals surface area contributed by atoms with E-state index < -0.39 is 0 Å². The molecule has 0 spiro atoms. The smallest absolute Gasteiger partial charge is 0.120 e. The Morgan fingerprint density at radius 3 is 2.40 bits per heavy atom. The number of nitrogens with one attached hydrogen (secondary N) is 1. The molecule has 3 heteroatoms. The SMILES string of the molecule is CNCC=CCOc1ccc(OC)cc1. The summed E-state index contributed by atoms with van der Waals surface area (Å²) in [5.41, 5.74) is 0. The van der Waals surface area contributed by atoms with Gasteiger partial charge in [0.05, 0.1) is 7.11 Å². The number of hydrogen-bond acceptors (Lipinski definition) is 3. The normalized spacial score (nSPS) is 10.5. The van der Waals surface area contributed by atoms with Crippen LogP contribution in [0.4, 0.5) is 0 Å². The molecule has 1 aromatic rings. The van der Waals surface area contributed by atoms with Crippen LogP contribution in [0.2, 0.25) is 0 Å². The highest BCUT2D eigenvalue weighted by atomic mass is 16.5. The Morgan fingerprint density at radius 2 is 1.80 bits per heavy atom. The van der Waals surface area contributed by atoms with Gasteiger partial charge in [-0.25, -0.2) is 0 Å². The molecule has 0 amide bonds. The Kier molecular flexibility index (Phi) is 5.33. The first-order valence-corrected chi connectivity index (χ1v) is 4.93. The second kappa shape index (κ2) is 6.90. The summed E-state index contributed by atoms with van der Waals surface area (Å²) >= 11 is 0. The van der Waals surface area contributed by atoms with Gasteiger partial charge in [-0.1, -0.05) is 12.2 Å². The van der Waals surface area contributed by atoms with Crippen molar-refractivity contribution in [3.05, 3.63) is 36.4 Å². The Bertz CT molecular complexity index is 293. The van der Waals surface area contributed by atoms with Crippen LogP contribution in [0.3, 0.4) is 0 Å². The van der Waals surface area contributed by atoms with E-state index in [9.17, 15) is 0 Å². The molecule has 82 valence electrons. The monoisotopic (exact) mass is 207 g/mol. The summed E-state index contributed by atoms with van der Waals surface area (Å²) in [5, 5.41) is 3.02. The van der Waals surface area contributed by atoms with Crippen LogP contribution in [0.5, 0.6) is 11.5 Å². The molecule has 0 aliphatic heterocycles. The average Bonchev–Trinajstić information content (AvgIpc) is 2.30. The van der Waals surface area contributed by atoms with Gasteiger partial charge in [0.25, 0.3) is 0 Å². The van der Waals surface area contributed by atoms with Gasteiger partial charge >= 0.3 is 0 Å². The van der Waals surface area contributed by atoms with Crippen LogP contribution in [0.1, 0.15) is 0 Å². The zero-order chi connectivity index (χ0) is 10.9. The lowest BCUT2D eigenvalue weighted by Gasteiger charge is -2.04. The first-order valence-electron chi connectivity index (χ1n) is 4.93. The maximum absolute atomic E-state index is 5.48. The molecule has 1 N–H and O–H groups in total. The minimum atomic E-state index is 0.591. The number of methoxy groups -OCH3 is 1. The van der Waals surface area contributed by atoms with Crippen LogP contribution in [0.15, 0.2) is 36.4 Å². The van der Waals surface area contributed by atoms with E-state index in [0.29, 0.717) is 6.61 Å². The van der Waals surface area contributed by atoms with Crippen molar-refractivity contribution in [2.45, 2.75) is 0 Å². The summed E-state index contributed by atoms with van der Waals surface area (Å²) in [4.78, 5) is 0. The summed E-state index contributed by atoms with van der Waals surface area (Å²) in [6, 6.07) is 7.55. The number of hydrogen-bond donors (Lipinski definition) is 1. The molecule has 0 bridgehead atoms. The van der Waals surface area contributed by atoms with Crippen LogP contribution in [0.25, 0.3) is 0 Å². The van der Waals surface area contributed by atoms with Gasteiger partial charge in [0, 0.05) is 6.54 Å². The Balaban J connectivity index is 2.31. The molecule has 1 aromatic carbocycles. The molecule has 15 heavy (non-hydrogen) atoms. The summed E-state index contributed by atoms with van der Waals surface area (Å²) in [6.07, 6.45) is 4.02. The molecule has 0 fully saturated rings. The van der Waals surface area contributed by atoms with Crippen molar-refractivity contribution in [1.82, 2.24) is 5.32 Å². The lowest BCUT2D eigenvalue weighted by molar-refractivity contribution is 0.360. The maximum atomic E-state index is 5.48. The van der Waals surface area contributed by atoms with Gasteiger partial charge in [0.1, 0.15) is 18.1 Å². The van der Waals surface area contributed by atoms with E-state index in [-0.39, 0.29) is 0 Å². The molecule has 0 saturated carbocycles. The third-order valence-corrected chi connectivity index (χ3v) is 1.89. The maximum Gasteiger partial charge on any atom is 0.120 e. The topological polar surface area (TPSA) is 30.5 Å². The van der Waals surface area contributed by atoms with Crippen LogP contribution < -0.4 is 14.8 Å². The summed E-state index contributed by atoms with van der Waals surface area (Å²) in [7, 11) is 3.56. The largest absolute Gasteiger partial charge is 0.497 e. The molecule has 0 aliphatic rings. The minimum Gasteiger partial charge on any atom is -0.497 e. The molecule has 0 heterocycles. The van der Waals surface area contributed by atoms with Gasteiger partial charge in [0.15, 0.2) is 0 Å². The van der Waals surface area contributed by atoms with E-state index in [1.165, 1.54) is 0 Å². The number of rotatable bonds is 6. The third-order valence-electron chi connectivity index (χ3n) is 1.89. The van der Waals surface area contributed by atoms with Crippen molar-refractivity contribution in [3.63, 3.8) is 0 Å². The number of ether oxygens (including phenoxy) is 2. The molecule has 1 rings (SSSR count). The zero-order valence-electron chi connectivity index (χ0n) is 9.19. The molecular formula is C12H17NO2. The van der Waals surface area contributed by atoms with Gasteiger partial charge in [-0.2, -0.15) is 0 Å². The third kappa shape index (κ3) is 4.51. The van der Waals surface area contributed by atoms with Crippen molar-refractivity contribution < 1.29 is 9.47 Å². The number of benzene rings is 1. The van der Waals surface area contributed by atoms with E-state index >= 15 is 0 Å². The fourth-order valence-electron chi connectivity index (χ4n) is 1.09. The Hall–Kier alpha value is -1.48. The van der Waals surface area contributed by atoms with Gasteiger partial charge in [-0.05, 0) is 31.3 Å². The molecule has 3 nitrogen and oxygen atoms in total. The second-order valence-electron chi connectivity index (χ2n) is 3.02. The van der Waals surface area contributed by atoms with E-state index in [1.807, 2.05) is 43.5 Å². The molecule has 0 unspecified atom stereocenters. The van der Waals surface area contributed by atoms with Crippen molar-refractivity contribution >= 4 is 0 Å². The van der Waals surface area contributed by atoms with Crippen molar-refractivity contribution in [1.29, 1.82) is 0 Å². The molecule has 0 radical (unpaired) electrons. The molecule has 0 aromatic heterocycles. The van der Waals surface area contributed by atoms with Crippen molar-refractivity contribution in [3.8, 4) is 11.5 Å². The van der Waals surface area contributed by atoms with Crippen LogP contribution in [-0.4, -0.2) is 27.3 Å². The predicted molar refractivity (Wildman–Crippen MR) is 61.6 cm³/mol. The van der Waals surface area contributed by atoms with Crippen molar-refractivity contribution in [2.75, 3.05) is 27.3 Å². The summed E-state index contributed by atoms with van der Waals surface area (Å²) < 4.78 is 10.5. The Morgan fingerprint density at radius 1 is 1.13 bits per heavy atom. The van der Waals surface area contributed by atoms with Gasteiger partial charge < -0.3 is 14.8 Å². The van der Waals surface area contributed by atoms with Crippen LogP contribution >= 0.6 is 0 Å². The highest BCUT2D eigenvalue weighted by Gasteiger charge is 1.92. The lowest BCUT2D eigenvalue weighted by Crippen LogP contribution is -2.04. The molecule has 0 saturated heterocycles. The van der Waals surface area contributed by atoms with Gasteiger partial charge in [-0.3, -0.25) is 0 Å². The fourth-order valence-corrected chi connectivity index (χ4v) is 1.09. The highest BCUT2D eigenvalue weighted by Crippen LogP contribution is 2.16. The summed E-state index contributed by atoms with van der Waals surface area (Å²) in [6.45, 7) is 1.46. The summed E-state index contributed by atoms with van der Waals surface area (Å²) in [5.74, 6) is 1.69. The van der Waals surface area contributed by atoms with E-state index in [2.05, 4.69) is 5.32 Å².